The lowest BCUT2D eigenvalue weighted by Gasteiger charge is -2.31. The predicted molar refractivity (Wildman–Crippen MR) is 43.6 cm³/mol. The maximum Gasteiger partial charge on any atom is 0.282 e. The van der Waals surface area contributed by atoms with Crippen molar-refractivity contribution in [2.45, 2.75) is 37.8 Å². The maximum absolute atomic E-state index is 13.3. The molecule has 0 bridgehead atoms. The van der Waals surface area contributed by atoms with Gasteiger partial charge in [0, 0.05) is 6.42 Å². The first kappa shape index (κ1) is 8.72. The van der Waals surface area contributed by atoms with Crippen LogP contribution in [0, 0.1) is 5.92 Å². The number of alkyl halides is 2. The van der Waals surface area contributed by atoms with Crippen LogP contribution in [0.2, 0.25) is 0 Å². The van der Waals surface area contributed by atoms with Crippen LogP contribution in [0.25, 0.3) is 0 Å². The lowest BCUT2D eigenvalue weighted by atomic mass is 9.94. The third-order valence-corrected chi connectivity index (χ3v) is 2.77. The third-order valence-electron chi connectivity index (χ3n) is 2.77. The van der Waals surface area contributed by atoms with E-state index < -0.39 is 24.0 Å². The number of rotatable bonds is 0. The van der Waals surface area contributed by atoms with E-state index in [1.165, 1.54) is 0 Å². The molecule has 0 spiro atoms. The fourth-order valence-corrected chi connectivity index (χ4v) is 2.22. The van der Waals surface area contributed by atoms with E-state index in [2.05, 4.69) is 4.99 Å². The molecule has 1 aliphatic carbocycles. The Morgan fingerprint density at radius 2 is 2.31 bits per heavy atom. The Bertz CT molecular complexity index is 255. The second-order valence-electron chi connectivity index (χ2n) is 3.69. The van der Waals surface area contributed by atoms with E-state index in [1.54, 1.807) is 6.92 Å². The Hall–Kier alpha value is -0.870. The molecule has 1 heterocycles. The van der Waals surface area contributed by atoms with E-state index in [-0.39, 0.29) is 12.4 Å². The first-order valence-corrected chi connectivity index (χ1v) is 4.38. The van der Waals surface area contributed by atoms with Gasteiger partial charge in [-0.1, -0.05) is 0 Å². The second kappa shape index (κ2) is 2.56. The molecule has 3 atom stereocenters. The molecule has 0 unspecified atom stereocenters. The van der Waals surface area contributed by atoms with Gasteiger partial charge in [0.2, 0.25) is 0 Å². The van der Waals surface area contributed by atoms with Gasteiger partial charge in [-0.2, -0.15) is 0 Å². The minimum Gasteiger partial charge on any atom is -0.462 e. The van der Waals surface area contributed by atoms with Crippen LogP contribution in [0.3, 0.4) is 0 Å². The Morgan fingerprint density at radius 3 is 3.00 bits per heavy atom. The lowest BCUT2D eigenvalue weighted by molar-refractivity contribution is -0.0712. The number of aliphatic imine (C=N–C) groups is 1. The topological polar surface area (TPSA) is 47.6 Å². The van der Waals surface area contributed by atoms with Gasteiger partial charge in [0.05, 0.1) is 12.0 Å². The van der Waals surface area contributed by atoms with Crippen LogP contribution in [0.15, 0.2) is 4.99 Å². The van der Waals surface area contributed by atoms with Crippen LogP contribution in [-0.2, 0) is 4.74 Å². The van der Waals surface area contributed by atoms with Crippen molar-refractivity contribution in [3.63, 3.8) is 0 Å². The van der Waals surface area contributed by atoms with E-state index in [0.29, 0.717) is 6.42 Å². The minimum atomic E-state index is -2.64. The summed E-state index contributed by atoms with van der Waals surface area (Å²) in [5.74, 6) is -3.44. The highest BCUT2D eigenvalue weighted by molar-refractivity contribution is 5.72. The number of halogens is 2. The van der Waals surface area contributed by atoms with Crippen LogP contribution >= 0.6 is 0 Å². The van der Waals surface area contributed by atoms with Crippen molar-refractivity contribution in [3.05, 3.63) is 0 Å². The molecule has 1 aliphatic heterocycles. The largest absolute Gasteiger partial charge is 0.462 e. The van der Waals surface area contributed by atoms with Gasteiger partial charge in [-0.05, 0) is 13.3 Å². The third kappa shape index (κ3) is 1.26. The van der Waals surface area contributed by atoms with Crippen molar-refractivity contribution < 1.29 is 13.5 Å². The van der Waals surface area contributed by atoms with Crippen molar-refractivity contribution in [1.82, 2.24) is 0 Å². The fourth-order valence-electron chi connectivity index (χ4n) is 2.22. The van der Waals surface area contributed by atoms with Gasteiger partial charge < -0.3 is 10.5 Å². The van der Waals surface area contributed by atoms with Crippen molar-refractivity contribution in [1.29, 1.82) is 0 Å². The summed E-state index contributed by atoms with van der Waals surface area (Å²) in [4.78, 5) is 3.81. The molecule has 0 radical (unpaired) electrons. The molecule has 2 aliphatic rings. The Morgan fingerprint density at radius 1 is 1.62 bits per heavy atom. The molecule has 1 saturated carbocycles. The summed E-state index contributed by atoms with van der Waals surface area (Å²) in [6.45, 7) is 1.66. The molecule has 2 N–H and O–H groups in total. The molecule has 2 rings (SSSR count). The van der Waals surface area contributed by atoms with Crippen molar-refractivity contribution in [2.24, 2.45) is 16.6 Å². The average molecular weight is 190 g/mol. The Balaban J connectivity index is 2.27. The normalized spacial score (nSPS) is 42.1. The average Bonchev–Trinajstić information content (AvgIpc) is 2.26. The quantitative estimate of drug-likeness (QED) is 0.622. The maximum atomic E-state index is 13.3. The van der Waals surface area contributed by atoms with Gasteiger partial charge >= 0.3 is 0 Å². The summed E-state index contributed by atoms with van der Waals surface area (Å²) in [7, 11) is 0. The number of nitrogens with zero attached hydrogens (tertiary/aromatic N) is 1. The summed E-state index contributed by atoms with van der Waals surface area (Å²) in [6, 6.07) is -0.386. The standard InChI is InChI=1S/C8H12F2N2O/c1-4-6-5(13-7(11)12-4)2-3-8(6,9)10/h4-6H,2-3H2,1H3,(H2,11,12)/t4-,5+,6+/m0/s1. The number of hydrogen-bond donors (Lipinski definition) is 1. The lowest BCUT2D eigenvalue weighted by Crippen LogP contribution is -2.44. The van der Waals surface area contributed by atoms with E-state index >= 15 is 0 Å². The predicted octanol–water partition coefficient (Wildman–Crippen LogP) is 1.13. The van der Waals surface area contributed by atoms with Crippen LogP contribution in [-0.4, -0.2) is 24.1 Å². The van der Waals surface area contributed by atoms with E-state index in [1.807, 2.05) is 0 Å². The molecule has 0 aromatic carbocycles. The molecule has 3 nitrogen and oxygen atoms in total. The summed E-state index contributed by atoms with van der Waals surface area (Å²) < 4.78 is 31.6. The highest BCUT2D eigenvalue weighted by atomic mass is 19.3. The van der Waals surface area contributed by atoms with Gasteiger partial charge in [0.25, 0.3) is 11.9 Å². The highest BCUT2D eigenvalue weighted by Crippen LogP contribution is 2.45. The molecule has 0 aromatic heterocycles. The zero-order valence-electron chi connectivity index (χ0n) is 7.34. The molecule has 0 aromatic rings. The number of nitrogens with two attached hydrogens (primary N) is 1. The van der Waals surface area contributed by atoms with Crippen molar-refractivity contribution in [2.75, 3.05) is 0 Å². The first-order chi connectivity index (χ1) is 6.00. The highest BCUT2D eigenvalue weighted by Gasteiger charge is 2.55. The molecule has 0 amide bonds. The number of ether oxygens (including phenoxy) is 1. The van der Waals surface area contributed by atoms with E-state index in [4.69, 9.17) is 10.5 Å². The molecule has 74 valence electrons. The SMILES string of the molecule is C[C@@H]1N=C(N)O[C@@H]2CCC(F)(F)[C@H]12. The molecule has 0 saturated heterocycles. The van der Waals surface area contributed by atoms with Gasteiger partial charge in [-0.25, -0.2) is 13.8 Å². The zero-order chi connectivity index (χ0) is 9.64. The summed E-state index contributed by atoms with van der Waals surface area (Å²) in [5, 5.41) is 0. The monoisotopic (exact) mass is 190 g/mol. The van der Waals surface area contributed by atoms with Gasteiger partial charge in [0.1, 0.15) is 6.10 Å². The molecular formula is C8H12F2N2O. The van der Waals surface area contributed by atoms with Crippen molar-refractivity contribution in [3.8, 4) is 0 Å². The molecule has 5 heteroatoms. The van der Waals surface area contributed by atoms with Gasteiger partial charge in [-0.3, -0.25) is 0 Å². The Labute approximate surface area is 75.0 Å². The number of amidine groups is 1. The number of hydrogen-bond acceptors (Lipinski definition) is 3. The van der Waals surface area contributed by atoms with Crippen molar-refractivity contribution >= 4 is 6.02 Å². The summed E-state index contributed by atoms with van der Waals surface area (Å²) >= 11 is 0. The van der Waals surface area contributed by atoms with Crippen LogP contribution < -0.4 is 5.73 Å². The van der Waals surface area contributed by atoms with E-state index in [9.17, 15) is 8.78 Å². The summed E-state index contributed by atoms with van der Waals surface area (Å²) in [5.41, 5.74) is 5.35. The van der Waals surface area contributed by atoms with Crippen LogP contribution in [0.5, 0.6) is 0 Å². The smallest absolute Gasteiger partial charge is 0.282 e. The summed E-state index contributed by atoms with van der Waals surface area (Å²) in [6.07, 6.45) is -0.184. The minimum absolute atomic E-state index is 0.0476. The van der Waals surface area contributed by atoms with E-state index in [0.717, 1.165) is 0 Å². The second-order valence-corrected chi connectivity index (χ2v) is 3.69. The zero-order valence-corrected chi connectivity index (χ0v) is 7.34. The Kier molecular flexibility index (Phi) is 1.72. The fraction of sp³-hybridized carbons (Fsp3) is 0.875. The first-order valence-electron chi connectivity index (χ1n) is 4.38. The van der Waals surface area contributed by atoms with Gasteiger partial charge in [-0.15, -0.1) is 0 Å². The molecule has 1 fully saturated rings. The van der Waals surface area contributed by atoms with Gasteiger partial charge in [0.15, 0.2) is 0 Å². The number of fused-ring (bicyclic) bond motifs is 1. The van der Waals surface area contributed by atoms with Crippen LogP contribution in [0.4, 0.5) is 8.78 Å². The molecule has 13 heavy (non-hydrogen) atoms. The molecular weight excluding hydrogens is 178 g/mol. The van der Waals surface area contributed by atoms with Crippen LogP contribution in [0.1, 0.15) is 19.8 Å².